The summed E-state index contributed by atoms with van der Waals surface area (Å²) in [5, 5.41) is 6.11. The number of benzene rings is 2. The molecule has 1 aliphatic heterocycles. The summed E-state index contributed by atoms with van der Waals surface area (Å²) in [5.74, 6) is -0.388. The van der Waals surface area contributed by atoms with Crippen molar-refractivity contribution < 1.29 is 14.4 Å². The molecule has 4 rings (SSSR count). The number of hydrogen-bond donors (Lipinski definition) is 2. The molecule has 1 aliphatic carbocycles. The lowest BCUT2D eigenvalue weighted by Crippen LogP contribution is -2.47. The molecule has 6 nitrogen and oxygen atoms in total. The third kappa shape index (κ3) is 6.21. The van der Waals surface area contributed by atoms with Gasteiger partial charge in [0.05, 0.1) is 5.92 Å². The second-order valence-corrected chi connectivity index (χ2v) is 9.19. The first kappa shape index (κ1) is 23.0. The van der Waals surface area contributed by atoms with Crippen LogP contribution in [0, 0.1) is 5.92 Å². The normalized spacial score (nSPS) is 19.4. The van der Waals surface area contributed by atoms with Gasteiger partial charge in [-0.3, -0.25) is 14.4 Å². The largest absolute Gasteiger partial charge is 0.353 e. The van der Waals surface area contributed by atoms with Crippen molar-refractivity contribution in [1.82, 2.24) is 10.2 Å². The van der Waals surface area contributed by atoms with Crippen molar-refractivity contribution in [2.24, 2.45) is 5.92 Å². The van der Waals surface area contributed by atoms with Gasteiger partial charge in [0.15, 0.2) is 0 Å². The van der Waals surface area contributed by atoms with Crippen LogP contribution in [0.1, 0.15) is 72.1 Å². The first-order chi connectivity index (χ1) is 16.1. The molecule has 174 valence electrons. The Balaban J connectivity index is 1.36. The summed E-state index contributed by atoms with van der Waals surface area (Å²) >= 11 is 0. The van der Waals surface area contributed by atoms with E-state index in [2.05, 4.69) is 10.6 Å². The fourth-order valence-electron chi connectivity index (χ4n) is 4.82. The van der Waals surface area contributed by atoms with Gasteiger partial charge in [0.25, 0.3) is 11.8 Å². The molecule has 1 unspecified atom stereocenters. The predicted molar refractivity (Wildman–Crippen MR) is 129 cm³/mol. The summed E-state index contributed by atoms with van der Waals surface area (Å²) in [4.78, 5) is 40.3. The smallest absolute Gasteiger partial charge is 0.255 e. The van der Waals surface area contributed by atoms with Gasteiger partial charge in [0.1, 0.15) is 0 Å². The molecule has 2 aliphatic rings. The summed E-state index contributed by atoms with van der Waals surface area (Å²) in [5.41, 5.74) is 1.66. The second kappa shape index (κ2) is 11.1. The van der Waals surface area contributed by atoms with Crippen molar-refractivity contribution >= 4 is 23.4 Å². The molecule has 1 heterocycles. The van der Waals surface area contributed by atoms with E-state index < -0.39 is 0 Å². The highest BCUT2D eigenvalue weighted by Crippen LogP contribution is 2.22. The Morgan fingerprint density at radius 2 is 1.52 bits per heavy atom. The van der Waals surface area contributed by atoms with Crippen molar-refractivity contribution in [2.75, 3.05) is 18.4 Å². The molecule has 6 heteroatoms. The number of nitrogens with zero attached hydrogens (tertiary/aromatic N) is 1. The monoisotopic (exact) mass is 447 g/mol. The molecule has 0 radical (unpaired) electrons. The van der Waals surface area contributed by atoms with Crippen LogP contribution >= 0.6 is 0 Å². The summed E-state index contributed by atoms with van der Waals surface area (Å²) in [6.45, 7) is 1.09. The zero-order valence-electron chi connectivity index (χ0n) is 19.1. The van der Waals surface area contributed by atoms with Gasteiger partial charge >= 0.3 is 0 Å². The lowest BCUT2D eigenvalue weighted by atomic mass is 9.95. The van der Waals surface area contributed by atoms with Gasteiger partial charge in [-0.1, -0.05) is 49.9 Å². The van der Waals surface area contributed by atoms with Crippen LogP contribution in [0.15, 0.2) is 54.6 Å². The number of rotatable bonds is 5. The Labute approximate surface area is 195 Å². The predicted octanol–water partition coefficient (Wildman–Crippen LogP) is 4.63. The van der Waals surface area contributed by atoms with Crippen molar-refractivity contribution in [3.05, 3.63) is 65.7 Å². The molecule has 33 heavy (non-hydrogen) atoms. The molecule has 0 bridgehead atoms. The number of anilines is 1. The summed E-state index contributed by atoms with van der Waals surface area (Å²) in [7, 11) is 0. The average Bonchev–Trinajstić information content (AvgIpc) is 3.13. The molecule has 1 saturated heterocycles. The topological polar surface area (TPSA) is 78.5 Å². The minimum absolute atomic E-state index is 0.0864. The van der Waals surface area contributed by atoms with E-state index in [1.165, 1.54) is 25.7 Å². The van der Waals surface area contributed by atoms with Crippen molar-refractivity contribution in [1.29, 1.82) is 0 Å². The molecule has 2 N–H and O–H groups in total. The van der Waals surface area contributed by atoms with E-state index in [0.29, 0.717) is 29.9 Å². The third-order valence-corrected chi connectivity index (χ3v) is 6.68. The van der Waals surface area contributed by atoms with E-state index in [1.807, 2.05) is 18.2 Å². The minimum Gasteiger partial charge on any atom is -0.353 e. The van der Waals surface area contributed by atoms with Gasteiger partial charge in [-0.05, 0) is 56.0 Å². The summed E-state index contributed by atoms with van der Waals surface area (Å²) in [6, 6.07) is 16.3. The standard InChI is InChI=1S/C27H33N3O3/c31-25(20-10-4-3-5-11-20)29-24-16-8-12-21(18-24)27(33)30-17-9-13-22(19-30)26(32)28-23-14-6-1-2-7-15-23/h3-5,8,10-12,16,18,22-23H,1-2,6-7,9,13-15,17,19H2,(H,28,32)(H,29,31). The zero-order valence-corrected chi connectivity index (χ0v) is 19.1. The average molecular weight is 448 g/mol. The van der Waals surface area contributed by atoms with Gasteiger partial charge in [0.2, 0.25) is 5.91 Å². The van der Waals surface area contributed by atoms with Gasteiger partial charge in [0, 0.05) is 35.9 Å². The maximum atomic E-state index is 13.2. The van der Waals surface area contributed by atoms with Gasteiger partial charge in [-0.25, -0.2) is 0 Å². The Kier molecular flexibility index (Phi) is 7.76. The van der Waals surface area contributed by atoms with E-state index in [0.717, 1.165) is 25.7 Å². The molecule has 0 aromatic heterocycles. The fourth-order valence-corrected chi connectivity index (χ4v) is 4.82. The SMILES string of the molecule is O=C(Nc1cccc(C(=O)N2CCCC(C(=O)NC3CCCCCC3)C2)c1)c1ccccc1. The highest BCUT2D eigenvalue weighted by molar-refractivity contribution is 6.05. The summed E-state index contributed by atoms with van der Waals surface area (Å²) < 4.78 is 0. The number of likely N-dealkylation sites (tertiary alicyclic amines) is 1. The van der Waals surface area contributed by atoms with Crippen LogP contribution in [0.5, 0.6) is 0 Å². The molecule has 2 fully saturated rings. The lowest BCUT2D eigenvalue weighted by molar-refractivity contribution is -0.127. The molecule has 0 spiro atoms. The highest BCUT2D eigenvalue weighted by atomic mass is 16.2. The first-order valence-corrected chi connectivity index (χ1v) is 12.2. The molecule has 2 aromatic rings. The van der Waals surface area contributed by atoms with Crippen molar-refractivity contribution in [3.8, 4) is 0 Å². The molecular formula is C27H33N3O3. The van der Waals surface area contributed by atoms with Gasteiger partial charge in [-0.2, -0.15) is 0 Å². The maximum absolute atomic E-state index is 13.2. The number of carbonyl (C=O) groups excluding carboxylic acids is 3. The van der Waals surface area contributed by atoms with Gasteiger partial charge < -0.3 is 15.5 Å². The Hall–Kier alpha value is -3.15. The van der Waals surface area contributed by atoms with E-state index >= 15 is 0 Å². The lowest BCUT2D eigenvalue weighted by Gasteiger charge is -2.33. The molecule has 2 aromatic carbocycles. The maximum Gasteiger partial charge on any atom is 0.255 e. The highest BCUT2D eigenvalue weighted by Gasteiger charge is 2.30. The Morgan fingerprint density at radius 3 is 2.27 bits per heavy atom. The van der Waals surface area contributed by atoms with Crippen molar-refractivity contribution in [3.63, 3.8) is 0 Å². The number of hydrogen-bond acceptors (Lipinski definition) is 3. The van der Waals surface area contributed by atoms with Crippen LogP contribution in [0.4, 0.5) is 5.69 Å². The molecular weight excluding hydrogens is 414 g/mol. The van der Waals surface area contributed by atoms with Crippen molar-refractivity contribution in [2.45, 2.75) is 57.4 Å². The quantitative estimate of drug-likeness (QED) is 0.656. The van der Waals surface area contributed by atoms with Crippen LogP contribution in [0.25, 0.3) is 0 Å². The zero-order chi connectivity index (χ0) is 23.0. The summed E-state index contributed by atoms with van der Waals surface area (Å²) in [6.07, 6.45) is 8.61. The van der Waals surface area contributed by atoms with E-state index in [9.17, 15) is 14.4 Å². The van der Waals surface area contributed by atoms with Crippen LogP contribution in [-0.2, 0) is 4.79 Å². The molecule has 1 saturated carbocycles. The fraction of sp³-hybridized carbons (Fsp3) is 0.444. The number of amides is 3. The minimum atomic E-state index is -0.214. The van der Waals surface area contributed by atoms with Crippen LogP contribution in [0.3, 0.4) is 0 Å². The van der Waals surface area contributed by atoms with E-state index in [4.69, 9.17) is 0 Å². The number of nitrogens with one attached hydrogen (secondary N) is 2. The Morgan fingerprint density at radius 1 is 0.788 bits per heavy atom. The van der Waals surface area contributed by atoms with Gasteiger partial charge in [-0.15, -0.1) is 0 Å². The number of piperidine rings is 1. The Bertz CT molecular complexity index is 968. The van der Waals surface area contributed by atoms with E-state index in [1.54, 1.807) is 41.3 Å². The molecule has 1 atom stereocenters. The van der Waals surface area contributed by atoms with Crippen LogP contribution < -0.4 is 10.6 Å². The third-order valence-electron chi connectivity index (χ3n) is 6.68. The van der Waals surface area contributed by atoms with Crippen LogP contribution in [0.2, 0.25) is 0 Å². The first-order valence-electron chi connectivity index (χ1n) is 12.2. The number of carbonyl (C=O) groups is 3. The van der Waals surface area contributed by atoms with E-state index in [-0.39, 0.29) is 29.7 Å². The van der Waals surface area contributed by atoms with Crippen LogP contribution in [-0.4, -0.2) is 41.8 Å². The second-order valence-electron chi connectivity index (χ2n) is 9.19. The molecule has 3 amide bonds.